The molecule has 1 atom stereocenters. The van der Waals surface area contributed by atoms with Crippen LogP contribution in [0.25, 0.3) is 0 Å². The summed E-state index contributed by atoms with van der Waals surface area (Å²) >= 11 is 12.4. The number of halogens is 2. The Labute approximate surface area is 167 Å². The van der Waals surface area contributed by atoms with Gasteiger partial charge in [0.25, 0.3) is 0 Å². The maximum Gasteiger partial charge on any atom is 0.352 e. The summed E-state index contributed by atoms with van der Waals surface area (Å²) in [5, 5.41) is 13.6. The van der Waals surface area contributed by atoms with Crippen molar-refractivity contribution in [1.82, 2.24) is 0 Å². The Balaban J connectivity index is 2.51. The number of ether oxygens (including phenoxy) is 1. The van der Waals surface area contributed by atoms with Gasteiger partial charge in [-0.1, -0.05) is 53.0 Å². The molecule has 0 fully saturated rings. The van der Waals surface area contributed by atoms with Crippen molar-refractivity contribution < 1.29 is 19.4 Å². The SMILES string of the molecule is CC(C)=CC(=O)OC(C)(C(=O)O)c1ccccc1Nc1c(Cl)cccc1Cl. The number of carboxylic acid groups (broad SMARTS) is 1. The van der Waals surface area contributed by atoms with Crippen molar-refractivity contribution >= 4 is 46.5 Å². The van der Waals surface area contributed by atoms with Crippen molar-refractivity contribution in [1.29, 1.82) is 0 Å². The molecule has 7 heteroatoms. The van der Waals surface area contributed by atoms with Gasteiger partial charge in [-0.3, -0.25) is 0 Å². The van der Waals surface area contributed by atoms with E-state index in [1.54, 1.807) is 56.3 Å². The van der Waals surface area contributed by atoms with Crippen LogP contribution in [0.15, 0.2) is 54.1 Å². The van der Waals surface area contributed by atoms with E-state index in [2.05, 4.69) is 5.32 Å². The first-order valence-electron chi connectivity index (χ1n) is 8.07. The van der Waals surface area contributed by atoms with Crippen LogP contribution in [0, 0.1) is 0 Å². The van der Waals surface area contributed by atoms with Gasteiger partial charge in [0.1, 0.15) is 0 Å². The average molecular weight is 408 g/mol. The van der Waals surface area contributed by atoms with Gasteiger partial charge in [0.15, 0.2) is 0 Å². The number of carbonyl (C=O) groups excluding carboxylic acids is 1. The molecule has 2 aromatic rings. The maximum absolute atomic E-state index is 12.1. The summed E-state index contributed by atoms with van der Waals surface area (Å²) in [4.78, 5) is 24.1. The maximum atomic E-state index is 12.1. The first-order chi connectivity index (χ1) is 12.6. The van der Waals surface area contributed by atoms with Gasteiger partial charge in [-0.25, -0.2) is 9.59 Å². The van der Waals surface area contributed by atoms with Crippen LogP contribution in [0.1, 0.15) is 26.3 Å². The van der Waals surface area contributed by atoms with Crippen LogP contribution in [0.4, 0.5) is 11.4 Å². The third-order valence-electron chi connectivity index (χ3n) is 3.78. The lowest BCUT2D eigenvalue weighted by atomic mass is 9.93. The van der Waals surface area contributed by atoms with Gasteiger partial charge >= 0.3 is 11.9 Å². The van der Waals surface area contributed by atoms with Crippen LogP contribution in [0.3, 0.4) is 0 Å². The van der Waals surface area contributed by atoms with Gasteiger partial charge in [0.05, 0.1) is 15.7 Å². The number of carbonyl (C=O) groups is 2. The Morgan fingerprint density at radius 2 is 1.67 bits per heavy atom. The van der Waals surface area contributed by atoms with E-state index in [1.807, 2.05) is 0 Å². The molecule has 0 aromatic heterocycles. The van der Waals surface area contributed by atoms with E-state index in [-0.39, 0.29) is 5.56 Å². The Morgan fingerprint density at radius 1 is 1.07 bits per heavy atom. The molecule has 0 radical (unpaired) electrons. The Bertz CT molecular complexity index is 886. The number of rotatable bonds is 6. The molecule has 0 aliphatic heterocycles. The molecular weight excluding hydrogens is 389 g/mol. The van der Waals surface area contributed by atoms with E-state index in [1.165, 1.54) is 13.0 Å². The molecule has 0 heterocycles. The molecule has 27 heavy (non-hydrogen) atoms. The van der Waals surface area contributed by atoms with Crippen LogP contribution < -0.4 is 5.32 Å². The molecule has 142 valence electrons. The summed E-state index contributed by atoms with van der Waals surface area (Å²) in [6.45, 7) is 4.75. The lowest BCUT2D eigenvalue weighted by Crippen LogP contribution is -2.38. The summed E-state index contributed by atoms with van der Waals surface area (Å²) in [6.07, 6.45) is 1.24. The third kappa shape index (κ3) is 4.81. The number of para-hydroxylation sites is 2. The Hall–Kier alpha value is -2.50. The highest BCUT2D eigenvalue weighted by atomic mass is 35.5. The number of anilines is 2. The molecule has 0 amide bonds. The third-order valence-corrected chi connectivity index (χ3v) is 4.41. The molecule has 0 saturated heterocycles. The molecule has 0 bridgehead atoms. The number of benzene rings is 2. The molecule has 0 saturated carbocycles. The number of hydrogen-bond donors (Lipinski definition) is 2. The van der Waals surface area contributed by atoms with E-state index in [0.29, 0.717) is 27.0 Å². The van der Waals surface area contributed by atoms with E-state index < -0.39 is 17.5 Å². The van der Waals surface area contributed by atoms with Crippen molar-refractivity contribution in [3.05, 3.63) is 69.7 Å². The highest BCUT2D eigenvalue weighted by molar-refractivity contribution is 6.39. The summed E-state index contributed by atoms with van der Waals surface area (Å²) in [6, 6.07) is 11.6. The highest BCUT2D eigenvalue weighted by Crippen LogP contribution is 2.38. The van der Waals surface area contributed by atoms with Crippen molar-refractivity contribution in [3.63, 3.8) is 0 Å². The number of nitrogens with one attached hydrogen (secondary N) is 1. The summed E-state index contributed by atoms with van der Waals surface area (Å²) in [5.74, 6) is -2.05. The predicted molar refractivity (Wildman–Crippen MR) is 107 cm³/mol. The monoisotopic (exact) mass is 407 g/mol. The molecular formula is C20H19Cl2NO4. The molecule has 0 aliphatic carbocycles. The average Bonchev–Trinajstić information content (AvgIpc) is 2.57. The second-order valence-electron chi connectivity index (χ2n) is 6.25. The highest BCUT2D eigenvalue weighted by Gasteiger charge is 2.41. The normalized spacial score (nSPS) is 12.6. The van der Waals surface area contributed by atoms with E-state index in [0.717, 1.165) is 0 Å². The molecule has 5 nitrogen and oxygen atoms in total. The molecule has 2 N–H and O–H groups in total. The number of aliphatic carboxylic acids is 1. The van der Waals surface area contributed by atoms with Crippen molar-refractivity contribution in [2.45, 2.75) is 26.4 Å². The van der Waals surface area contributed by atoms with Crippen LogP contribution in [-0.4, -0.2) is 17.0 Å². The minimum Gasteiger partial charge on any atom is -0.478 e. The largest absolute Gasteiger partial charge is 0.478 e. The fraction of sp³-hybridized carbons (Fsp3) is 0.200. The zero-order valence-electron chi connectivity index (χ0n) is 15.0. The van der Waals surface area contributed by atoms with E-state index in [4.69, 9.17) is 27.9 Å². The molecule has 2 rings (SSSR count). The smallest absolute Gasteiger partial charge is 0.352 e. The minimum atomic E-state index is -1.92. The van der Waals surface area contributed by atoms with Crippen LogP contribution in [-0.2, 0) is 19.9 Å². The fourth-order valence-electron chi connectivity index (χ4n) is 2.44. The zero-order valence-corrected chi connectivity index (χ0v) is 16.6. The molecule has 2 aromatic carbocycles. The number of allylic oxidation sites excluding steroid dienone is 1. The van der Waals surface area contributed by atoms with Crippen LogP contribution in [0.5, 0.6) is 0 Å². The van der Waals surface area contributed by atoms with Gasteiger partial charge in [-0.2, -0.15) is 0 Å². The molecule has 1 unspecified atom stereocenters. The second-order valence-corrected chi connectivity index (χ2v) is 7.06. The van der Waals surface area contributed by atoms with Gasteiger partial charge in [0.2, 0.25) is 5.60 Å². The number of hydrogen-bond acceptors (Lipinski definition) is 4. The summed E-state index contributed by atoms with van der Waals surface area (Å²) in [5.41, 5.74) is -0.134. The van der Waals surface area contributed by atoms with Gasteiger partial charge in [-0.15, -0.1) is 0 Å². The number of carboxylic acids is 1. The fourth-order valence-corrected chi connectivity index (χ4v) is 2.93. The van der Waals surface area contributed by atoms with Crippen LogP contribution in [0.2, 0.25) is 10.0 Å². The summed E-state index contributed by atoms with van der Waals surface area (Å²) < 4.78 is 5.31. The minimum absolute atomic E-state index is 0.254. The second kappa shape index (κ2) is 8.46. The van der Waals surface area contributed by atoms with Crippen molar-refractivity contribution in [3.8, 4) is 0 Å². The first-order valence-corrected chi connectivity index (χ1v) is 8.82. The first kappa shape index (κ1) is 20.8. The molecule has 0 spiro atoms. The van der Waals surface area contributed by atoms with Crippen molar-refractivity contribution in [2.75, 3.05) is 5.32 Å². The molecule has 0 aliphatic rings. The number of esters is 1. The lowest BCUT2D eigenvalue weighted by molar-refractivity contribution is -0.174. The standard InChI is InChI=1S/C20H19Cl2NO4/c1-12(2)11-17(24)27-20(3,19(25)26)13-7-4-5-10-16(13)23-18-14(21)8-6-9-15(18)22/h4-11,23H,1-3H3,(H,25,26). The lowest BCUT2D eigenvalue weighted by Gasteiger charge is -2.27. The van der Waals surface area contributed by atoms with Crippen LogP contribution >= 0.6 is 23.2 Å². The van der Waals surface area contributed by atoms with E-state index >= 15 is 0 Å². The van der Waals surface area contributed by atoms with E-state index in [9.17, 15) is 14.7 Å². The topological polar surface area (TPSA) is 75.6 Å². The predicted octanol–water partition coefficient (Wildman–Crippen LogP) is 5.55. The van der Waals surface area contributed by atoms with Gasteiger partial charge in [0, 0.05) is 17.3 Å². The Morgan fingerprint density at radius 3 is 2.22 bits per heavy atom. The van der Waals surface area contributed by atoms with Gasteiger partial charge in [-0.05, 0) is 39.0 Å². The zero-order chi connectivity index (χ0) is 20.2. The van der Waals surface area contributed by atoms with Crippen molar-refractivity contribution in [2.24, 2.45) is 0 Å². The summed E-state index contributed by atoms with van der Waals surface area (Å²) in [7, 11) is 0. The quantitative estimate of drug-likeness (QED) is 0.485. The van der Waals surface area contributed by atoms with Gasteiger partial charge < -0.3 is 15.2 Å². The Kier molecular flexibility index (Phi) is 6.52.